The zero-order valence-corrected chi connectivity index (χ0v) is 18.6. The zero-order valence-electron chi connectivity index (χ0n) is 18.6. The van der Waals surface area contributed by atoms with E-state index in [1.165, 1.54) is 23.1 Å². The molecule has 2 N–H and O–H groups in total. The van der Waals surface area contributed by atoms with Gasteiger partial charge in [-0.25, -0.2) is 0 Å². The van der Waals surface area contributed by atoms with Crippen LogP contribution in [0.15, 0.2) is 24.3 Å². The summed E-state index contributed by atoms with van der Waals surface area (Å²) in [4.78, 5) is 5.11. The van der Waals surface area contributed by atoms with E-state index in [0.717, 1.165) is 57.9 Å². The summed E-state index contributed by atoms with van der Waals surface area (Å²) in [6.07, 6.45) is 5.91. The van der Waals surface area contributed by atoms with Crippen LogP contribution < -0.4 is 5.73 Å². The minimum atomic E-state index is 0.00426. The third kappa shape index (κ3) is 4.79. The Morgan fingerprint density at radius 3 is 2.46 bits per heavy atom. The van der Waals surface area contributed by atoms with E-state index in [2.05, 4.69) is 61.8 Å². The van der Waals surface area contributed by atoms with Gasteiger partial charge in [0.25, 0.3) is 0 Å². The van der Waals surface area contributed by atoms with E-state index in [1.807, 2.05) is 0 Å². The van der Waals surface area contributed by atoms with Crippen molar-refractivity contribution in [3.05, 3.63) is 35.4 Å². The highest BCUT2D eigenvalue weighted by molar-refractivity contribution is 5.76. The second-order valence-electron chi connectivity index (χ2n) is 9.78. The highest BCUT2D eigenvalue weighted by atomic mass is 16.5. The maximum absolute atomic E-state index is 6.40. The molecule has 4 nitrogen and oxygen atoms in total. The number of rotatable bonds is 6. The molecular weight excluding hydrogens is 346 g/mol. The molecule has 1 aliphatic heterocycles. The number of ether oxygens (including phenoxy) is 1. The van der Waals surface area contributed by atoms with Crippen LogP contribution in [0.4, 0.5) is 5.69 Å². The minimum absolute atomic E-state index is 0.00426. The van der Waals surface area contributed by atoms with Crippen LogP contribution in [-0.2, 0) is 10.3 Å². The molecule has 1 fully saturated rings. The van der Waals surface area contributed by atoms with Crippen molar-refractivity contribution in [1.29, 1.82) is 0 Å². The molecule has 4 heteroatoms. The van der Waals surface area contributed by atoms with Gasteiger partial charge in [-0.15, -0.1) is 0 Å². The van der Waals surface area contributed by atoms with Crippen LogP contribution in [0.3, 0.4) is 0 Å². The van der Waals surface area contributed by atoms with Gasteiger partial charge < -0.3 is 10.5 Å². The third-order valence-corrected chi connectivity index (χ3v) is 6.85. The minimum Gasteiger partial charge on any atom is -0.398 e. The van der Waals surface area contributed by atoms with Gasteiger partial charge in [0.2, 0.25) is 0 Å². The van der Waals surface area contributed by atoms with E-state index in [9.17, 15) is 0 Å². The van der Waals surface area contributed by atoms with Crippen molar-refractivity contribution in [2.24, 2.45) is 5.41 Å². The summed E-state index contributed by atoms with van der Waals surface area (Å²) in [5, 5.41) is 0. The Balaban J connectivity index is 1.75. The summed E-state index contributed by atoms with van der Waals surface area (Å²) >= 11 is 0. The van der Waals surface area contributed by atoms with Crippen LogP contribution in [-0.4, -0.2) is 56.2 Å². The van der Waals surface area contributed by atoms with E-state index in [4.69, 9.17) is 10.5 Å². The summed E-state index contributed by atoms with van der Waals surface area (Å²) in [7, 11) is 1.78. The molecule has 0 radical (unpaired) electrons. The number of piperazine rings is 1. The van der Waals surface area contributed by atoms with Crippen LogP contribution in [0.5, 0.6) is 0 Å². The van der Waals surface area contributed by atoms with Crippen LogP contribution in [0.2, 0.25) is 0 Å². The first-order valence-electron chi connectivity index (χ1n) is 10.8. The van der Waals surface area contributed by atoms with Gasteiger partial charge in [0.1, 0.15) is 0 Å². The molecule has 2 aliphatic rings. The molecule has 0 spiro atoms. The fourth-order valence-electron chi connectivity index (χ4n) is 4.47. The molecule has 0 bridgehead atoms. The van der Waals surface area contributed by atoms with Crippen molar-refractivity contribution in [3.63, 3.8) is 0 Å². The largest absolute Gasteiger partial charge is 0.398 e. The lowest BCUT2D eigenvalue weighted by Crippen LogP contribution is -2.53. The average molecular weight is 386 g/mol. The number of nitrogens with zero attached hydrogens (tertiary/aromatic N) is 2. The SMILES string of the molecule is COCCN1CCN(C(C)(C)c2ccc(N)c(C3=CCC(C)(C)CC3)c2)CC1. The molecule has 0 saturated carbocycles. The molecule has 28 heavy (non-hydrogen) atoms. The molecule has 3 rings (SSSR count). The van der Waals surface area contributed by atoms with Gasteiger partial charge in [0.15, 0.2) is 0 Å². The lowest BCUT2D eigenvalue weighted by molar-refractivity contribution is 0.0396. The zero-order chi connectivity index (χ0) is 20.4. The molecule has 156 valence electrons. The third-order valence-electron chi connectivity index (χ3n) is 6.85. The number of methoxy groups -OCH3 is 1. The van der Waals surface area contributed by atoms with E-state index in [0.29, 0.717) is 5.41 Å². The summed E-state index contributed by atoms with van der Waals surface area (Å²) in [5.41, 5.74) is 11.8. The molecule has 1 aromatic rings. The van der Waals surface area contributed by atoms with Gasteiger partial charge in [0, 0.05) is 56.6 Å². The topological polar surface area (TPSA) is 41.7 Å². The Kier molecular flexibility index (Phi) is 6.53. The van der Waals surface area contributed by atoms with Gasteiger partial charge in [-0.1, -0.05) is 26.0 Å². The van der Waals surface area contributed by atoms with Gasteiger partial charge in [-0.2, -0.15) is 0 Å². The molecule has 1 saturated heterocycles. The van der Waals surface area contributed by atoms with E-state index in [-0.39, 0.29) is 5.54 Å². The van der Waals surface area contributed by atoms with E-state index >= 15 is 0 Å². The number of nitrogen functional groups attached to an aromatic ring is 1. The van der Waals surface area contributed by atoms with Crippen LogP contribution in [0.25, 0.3) is 5.57 Å². The standard InChI is InChI=1S/C24H39N3O/c1-23(2)10-8-19(9-11-23)21-18-20(6-7-22(21)25)24(3,4)27-14-12-26(13-15-27)16-17-28-5/h6-8,18H,9-17,25H2,1-5H3. The summed E-state index contributed by atoms with van der Waals surface area (Å²) in [6.45, 7) is 15.7. The van der Waals surface area contributed by atoms with Crippen molar-refractivity contribution in [1.82, 2.24) is 9.80 Å². The van der Waals surface area contributed by atoms with Crippen molar-refractivity contribution >= 4 is 11.3 Å². The molecule has 1 aromatic carbocycles. The predicted molar refractivity (Wildman–Crippen MR) is 119 cm³/mol. The van der Waals surface area contributed by atoms with Crippen LogP contribution in [0.1, 0.15) is 58.1 Å². The molecule has 1 heterocycles. The second kappa shape index (κ2) is 8.56. The summed E-state index contributed by atoms with van der Waals surface area (Å²) in [6, 6.07) is 6.70. The number of hydrogen-bond donors (Lipinski definition) is 1. The van der Waals surface area contributed by atoms with Crippen molar-refractivity contribution in [2.45, 2.75) is 52.5 Å². The first-order valence-corrected chi connectivity index (χ1v) is 10.8. The highest BCUT2D eigenvalue weighted by Gasteiger charge is 2.32. The van der Waals surface area contributed by atoms with Crippen molar-refractivity contribution in [3.8, 4) is 0 Å². The monoisotopic (exact) mass is 385 g/mol. The average Bonchev–Trinajstić information content (AvgIpc) is 2.67. The number of anilines is 1. The van der Waals surface area contributed by atoms with Gasteiger partial charge in [0.05, 0.1) is 6.61 Å². The molecule has 0 aromatic heterocycles. The maximum Gasteiger partial charge on any atom is 0.0589 e. The lowest BCUT2D eigenvalue weighted by Gasteiger charge is -2.44. The Labute approximate surface area is 171 Å². The van der Waals surface area contributed by atoms with Gasteiger partial charge >= 0.3 is 0 Å². The lowest BCUT2D eigenvalue weighted by atomic mass is 9.76. The summed E-state index contributed by atoms with van der Waals surface area (Å²) in [5.74, 6) is 0. The Hall–Kier alpha value is -1.36. The Morgan fingerprint density at radius 2 is 1.86 bits per heavy atom. The predicted octanol–water partition coefficient (Wildman–Crippen LogP) is 4.36. The molecule has 1 aliphatic carbocycles. The first-order chi connectivity index (χ1) is 13.2. The van der Waals surface area contributed by atoms with Crippen molar-refractivity contribution in [2.75, 3.05) is 52.2 Å². The molecule has 0 atom stereocenters. The number of hydrogen-bond acceptors (Lipinski definition) is 4. The smallest absolute Gasteiger partial charge is 0.0589 e. The Morgan fingerprint density at radius 1 is 1.14 bits per heavy atom. The van der Waals surface area contributed by atoms with E-state index < -0.39 is 0 Å². The van der Waals surface area contributed by atoms with Gasteiger partial charge in [-0.3, -0.25) is 9.80 Å². The Bertz CT molecular complexity index is 700. The first kappa shape index (κ1) is 21.4. The quantitative estimate of drug-likeness (QED) is 0.739. The maximum atomic E-state index is 6.40. The van der Waals surface area contributed by atoms with Gasteiger partial charge in [-0.05, 0) is 61.8 Å². The summed E-state index contributed by atoms with van der Waals surface area (Å²) < 4.78 is 5.23. The number of nitrogens with two attached hydrogens (primary N) is 1. The van der Waals surface area contributed by atoms with Crippen molar-refractivity contribution < 1.29 is 4.74 Å². The molecule has 0 unspecified atom stereocenters. The number of allylic oxidation sites excluding steroid dienone is 2. The van der Waals surface area contributed by atoms with Crippen LogP contribution in [0, 0.1) is 5.41 Å². The fourth-order valence-corrected chi connectivity index (χ4v) is 4.47. The fraction of sp³-hybridized carbons (Fsp3) is 0.667. The molecular formula is C24H39N3O. The number of benzene rings is 1. The highest BCUT2D eigenvalue weighted by Crippen LogP contribution is 2.40. The van der Waals surface area contributed by atoms with Crippen LogP contribution >= 0.6 is 0 Å². The molecule has 0 amide bonds. The second-order valence-corrected chi connectivity index (χ2v) is 9.78. The normalized spacial score (nSPS) is 21.5. The van der Waals surface area contributed by atoms with E-state index in [1.54, 1.807) is 7.11 Å².